The fourth-order valence-corrected chi connectivity index (χ4v) is 2.34. The molecule has 0 aliphatic heterocycles. The van der Waals surface area contributed by atoms with Crippen LogP contribution in [0.1, 0.15) is 33.1 Å². The number of Topliss-reactive ketones (excluding diaryl/α,β-unsaturated/α-hetero) is 2. The Morgan fingerprint density at radius 3 is 2.33 bits per heavy atom. The topological polar surface area (TPSA) is 81.7 Å². The highest BCUT2D eigenvalue weighted by Gasteiger charge is 2.36. The third-order valence-corrected chi connectivity index (χ3v) is 3.34. The van der Waals surface area contributed by atoms with Crippen LogP contribution in [-0.2, 0) is 23.9 Å². The van der Waals surface area contributed by atoms with Crippen molar-refractivity contribution >= 4 is 17.5 Å². The Morgan fingerprint density at radius 1 is 1.24 bits per heavy atom. The molecule has 1 fully saturated rings. The van der Waals surface area contributed by atoms with E-state index in [1.165, 1.54) is 0 Å². The number of ether oxygens (including phenoxy) is 2. The number of rotatable bonds is 7. The molecule has 0 radical (unpaired) electrons. The number of methoxy groups -OCH3 is 1. The maximum atomic E-state index is 12.2. The predicted octanol–water partition coefficient (Wildman–Crippen LogP) is 0.998. The van der Waals surface area contributed by atoms with Gasteiger partial charge in [-0.25, -0.2) is 0 Å². The van der Waals surface area contributed by atoms with Crippen molar-refractivity contribution in [2.75, 3.05) is 26.9 Å². The normalized spacial score (nSPS) is 18.6. The van der Waals surface area contributed by atoms with Crippen LogP contribution in [0.15, 0.2) is 11.3 Å². The van der Waals surface area contributed by atoms with Gasteiger partial charge in [-0.2, -0.15) is 0 Å². The zero-order chi connectivity index (χ0) is 15.8. The predicted molar refractivity (Wildman–Crippen MR) is 76.6 cm³/mol. The minimum atomic E-state index is -0.647. The van der Waals surface area contributed by atoms with Crippen molar-refractivity contribution < 1.29 is 23.9 Å². The molecule has 0 aromatic heterocycles. The van der Waals surface area contributed by atoms with Crippen LogP contribution in [0.2, 0.25) is 0 Å². The molecule has 0 aromatic carbocycles. The van der Waals surface area contributed by atoms with Crippen molar-refractivity contribution in [3.63, 3.8) is 0 Å². The van der Waals surface area contributed by atoms with Gasteiger partial charge in [0.2, 0.25) is 0 Å². The van der Waals surface area contributed by atoms with Gasteiger partial charge in [0.25, 0.3) is 0 Å². The summed E-state index contributed by atoms with van der Waals surface area (Å²) in [6.45, 7) is 4.85. The van der Waals surface area contributed by atoms with Gasteiger partial charge in [-0.15, -0.1) is 0 Å². The second kappa shape index (κ2) is 8.56. The van der Waals surface area contributed by atoms with Crippen LogP contribution in [0.25, 0.3) is 0 Å². The van der Waals surface area contributed by atoms with E-state index in [0.717, 1.165) is 0 Å². The molecule has 1 rings (SSSR count). The monoisotopic (exact) mass is 297 g/mol. The van der Waals surface area contributed by atoms with Gasteiger partial charge in [-0.1, -0.05) is 6.92 Å². The average Bonchev–Trinajstić information content (AvgIpc) is 2.45. The molecule has 0 amide bonds. The minimum absolute atomic E-state index is 0.0371. The van der Waals surface area contributed by atoms with E-state index in [4.69, 9.17) is 9.47 Å². The number of allylic oxidation sites excluding steroid dienone is 2. The summed E-state index contributed by atoms with van der Waals surface area (Å²) in [5.41, 5.74) is 0.832. The molecule has 0 atom stereocenters. The standard InChI is InChI=1S/C15H23NO5/c1-4-11(16-6-7-20-3)14-12(17)8-10(9-13(14)18)15(19)21-5-2/h10,16H,4-9H2,1-3H3. The summed E-state index contributed by atoms with van der Waals surface area (Å²) >= 11 is 0. The highest BCUT2D eigenvalue weighted by molar-refractivity contribution is 6.23. The summed E-state index contributed by atoms with van der Waals surface area (Å²) in [4.78, 5) is 36.1. The Hall–Kier alpha value is -1.69. The summed E-state index contributed by atoms with van der Waals surface area (Å²) in [6, 6.07) is 0. The molecule has 0 aromatic rings. The number of carbonyl (C=O) groups excluding carboxylic acids is 3. The number of hydrogen-bond acceptors (Lipinski definition) is 6. The molecular formula is C15H23NO5. The van der Waals surface area contributed by atoms with Crippen LogP contribution >= 0.6 is 0 Å². The fraction of sp³-hybridized carbons (Fsp3) is 0.667. The zero-order valence-corrected chi connectivity index (χ0v) is 12.9. The molecular weight excluding hydrogens is 274 g/mol. The Kier molecular flexibility index (Phi) is 7.08. The Morgan fingerprint density at radius 2 is 1.86 bits per heavy atom. The van der Waals surface area contributed by atoms with E-state index < -0.39 is 11.9 Å². The van der Waals surface area contributed by atoms with Crippen LogP contribution in [-0.4, -0.2) is 44.4 Å². The highest BCUT2D eigenvalue weighted by Crippen LogP contribution is 2.26. The van der Waals surface area contributed by atoms with E-state index in [9.17, 15) is 14.4 Å². The van der Waals surface area contributed by atoms with Gasteiger partial charge in [0.1, 0.15) is 0 Å². The number of hydrogen-bond donors (Lipinski definition) is 1. The minimum Gasteiger partial charge on any atom is -0.466 e. The zero-order valence-electron chi connectivity index (χ0n) is 12.9. The van der Waals surface area contributed by atoms with Gasteiger partial charge in [-0.3, -0.25) is 14.4 Å². The third kappa shape index (κ3) is 4.67. The Balaban J connectivity index is 2.83. The van der Waals surface area contributed by atoms with E-state index >= 15 is 0 Å². The first-order chi connectivity index (χ1) is 10.0. The second-order valence-corrected chi connectivity index (χ2v) is 4.83. The van der Waals surface area contributed by atoms with E-state index in [1.54, 1.807) is 14.0 Å². The maximum Gasteiger partial charge on any atom is 0.309 e. The van der Waals surface area contributed by atoms with E-state index in [0.29, 0.717) is 25.3 Å². The molecule has 0 unspecified atom stereocenters. The maximum absolute atomic E-state index is 12.2. The van der Waals surface area contributed by atoms with Crippen molar-refractivity contribution in [3.05, 3.63) is 11.3 Å². The molecule has 6 heteroatoms. The molecule has 1 aliphatic rings. The third-order valence-electron chi connectivity index (χ3n) is 3.34. The van der Waals surface area contributed by atoms with Crippen LogP contribution in [0.4, 0.5) is 0 Å². The van der Waals surface area contributed by atoms with Gasteiger partial charge in [-0.05, 0) is 13.3 Å². The molecule has 1 N–H and O–H groups in total. The SMILES string of the molecule is CCOC(=O)C1CC(=O)C(=C(CC)NCCOC)C(=O)C1. The summed E-state index contributed by atoms with van der Waals surface area (Å²) in [7, 11) is 1.58. The summed E-state index contributed by atoms with van der Waals surface area (Å²) in [6.07, 6.45) is 0.630. The summed E-state index contributed by atoms with van der Waals surface area (Å²) in [5.74, 6) is -1.69. The number of ketones is 2. The highest BCUT2D eigenvalue weighted by atomic mass is 16.5. The van der Waals surface area contributed by atoms with Crippen molar-refractivity contribution in [1.29, 1.82) is 0 Å². The van der Waals surface area contributed by atoms with Gasteiger partial charge in [0.15, 0.2) is 11.6 Å². The molecule has 1 aliphatic carbocycles. The number of nitrogens with one attached hydrogen (secondary N) is 1. The van der Waals surface area contributed by atoms with E-state index in [1.807, 2.05) is 6.92 Å². The molecule has 0 heterocycles. The van der Waals surface area contributed by atoms with Gasteiger partial charge in [0, 0.05) is 32.2 Å². The molecule has 6 nitrogen and oxygen atoms in total. The van der Waals surface area contributed by atoms with E-state index in [-0.39, 0.29) is 36.6 Å². The molecule has 118 valence electrons. The quantitative estimate of drug-likeness (QED) is 0.327. The van der Waals surface area contributed by atoms with Crippen LogP contribution in [0.3, 0.4) is 0 Å². The van der Waals surface area contributed by atoms with Crippen LogP contribution < -0.4 is 5.32 Å². The largest absolute Gasteiger partial charge is 0.466 e. The van der Waals surface area contributed by atoms with Crippen LogP contribution in [0.5, 0.6) is 0 Å². The van der Waals surface area contributed by atoms with Gasteiger partial charge >= 0.3 is 5.97 Å². The lowest BCUT2D eigenvalue weighted by Crippen LogP contribution is -2.34. The molecule has 0 saturated heterocycles. The Bertz CT molecular complexity index is 421. The summed E-state index contributed by atoms with van der Waals surface area (Å²) in [5, 5.41) is 3.07. The number of carbonyl (C=O) groups is 3. The van der Waals surface area contributed by atoms with Gasteiger partial charge in [0.05, 0.1) is 24.7 Å². The first-order valence-electron chi connectivity index (χ1n) is 7.24. The van der Waals surface area contributed by atoms with Crippen molar-refractivity contribution in [1.82, 2.24) is 5.32 Å². The Labute approximate surface area is 124 Å². The van der Waals surface area contributed by atoms with Crippen molar-refractivity contribution in [2.24, 2.45) is 5.92 Å². The van der Waals surface area contributed by atoms with Crippen LogP contribution in [0, 0.1) is 5.92 Å². The van der Waals surface area contributed by atoms with Crippen molar-refractivity contribution in [3.8, 4) is 0 Å². The fourth-order valence-electron chi connectivity index (χ4n) is 2.34. The molecule has 1 saturated carbocycles. The lowest BCUT2D eigenvalue weighted by Gasteiger charge is -2.23. The summed E-state index contributed by atoms with van der Waals surface area (Å²) < 4.78 is 9.82. The van der Waals surface area contributed by atoms with E-state index in [2.05, 4.69) is 5.32 Å². The smallest absolute Gasteiger partial charge is 0.309 e. The second-order valence-electron chi connectivity index (χ2n) is 4.83. The lowest BCUT2D eigenvalue weighted by atomic mass is 9.82. The first-order valence-corrected chi connectivity index (χ1v) is 7.24. The van der Waals surface area contributed by atoms with Crippen molar-refractivity contribution in [2.45, 2.75) is 33.1 Å². The average molecular weight is 297 g/mol. The molecule has 0 spiro atoms. The molecule has 21 heavy (non-hydrogen) atoms. The first kappa shape index (κ1) is 17.4. The molecule has 0 bridgehead atoms. The number of esters is 1. The lowest BCUT2D eigenvalue weighted by molar-refractivity contribution is -0.151. The van der Waals surface area contributed by atoms with Gasteiger partial charge < -0.3 is 14.8 Å².